The fraction of sp³-hybridized carbons (Fsp3) is 0.929. The minimum absolute atomic E-state index is 0.00488. The van der Waals surface area contributed by atoms with Gasteiger partial charge in [0.1, 0.15) is 6.10 Å². The lowest BCUT2D eigenvalue weighted by Crippen LogP contribution is -2.37. The van der Waals surface area contributed by atoms with Crippen LogP contribution >= 0.6 is 0 Å². The molecule has 1 heterocycles. The summed E-state index contributed by atoms with van der Waals surface area (Å²) in [4.78, 5) is 12.1. The van der Waals surface area contributed by atoms with Crippen molar-refractivity contribution >= 4 is 5.91 Å². The van der Waals surface area contributed by atoms with E-state index in [0.29, 0.717) is 13.2 Å². The Balaban J connectivity index is 1.71. The molecular formula is C14H25NO3. The lowest BCUT2D eigenvalue weighted by atomic mass is 9.99. The van der Waals surface area contributed by atoms with Crippen molar-refractivity contribution in [3.63, 3.8) is 0 Å². The van der Waals surface area contributed by atoms with E-state index in [2.05, 4.69) is 5.32 Å². The summed E-state index contributed by atoms with van der Waals surface area (Å²) < 4.78 is 11.2. The Bertz CT molecular complexity index is 283. The van der Waals surface area contributed by atoms with Crippen LogP contribution in [-0.4, -0.2) is 30.9 Å². The first-order valence-corrected chi connectivity index (χ1v) is 7.16. The number of rotatable bonds is 3. The lowest BCUT2D eigenvalue weighted by Gasteiger charge is -2.18. The van der Waals surface area contributed by atoms with E-state index >= 15 is 0 Å². The van der Waals surface area contributed by atoms with E-state index in [4.69, 9.17) is 9.47 Å². The van der Waals surface area contributed by atoms with Crippen molar-refractivity contribution in [1.82, 2.24) is 5.32 Å². The molecule has 1 saturated heterocycles. The van der Waals surface area contributed by atoms with E-state index in [1.54, 1.807) is 0 Å². The van der Waals surface area contributed by atoms with Gasteiger partial charge in [-0.3, -0.25) is 4.79 Å². The Hall–Kier alpha value is -0.610. The van der Waals surface area contributed by atoms with Crippen LogP contribution in [0.25, 0.3) is 0 Å². The van der Waals surface area contributed by atoms with Crippen molar-refractivity contribution in [1.29, 1.82) is 0 Å². The van der Waals surface area contributed by atoms with Crippen molar-refractivity contribution < 1.29 is 14.3 Å². The van der Waals surface area contributed by atoms with Gasteiger partial charge in [0.25, 0.3) is 0 Å². The average Bonchev–Trinajstić information content (AvgIpc) is 2.57. The molecule has 4 heteroatoms. The molecule has 2 aliphatic rings. The topological polar surface area (TPSA) is 47.6 Å². The van der Waals surface area contributed by atoms with Crippen LogP contribution in [0.2, 0.25) is 0 Å². The molecule has 1 amide bonds. The molecule has 0 radical (unpaired) electrons. The van der Waals surface area contributed by atoms with Gasteiger partial charge in [0.05, 0.1) is 6.61 Å². The number of amides is 1. The van der Waals surface area contributed by atoms with Crippen LogP contribution in [0.5, 0.6) is 0 Å². The van der Waals surface area contributed by atoms with Crippen molar-refractivity contribution in [2.75, 3.05) is 13.2 Å². The van der Waals surface area contributed by atoms with Crippen molar-refractivity contribution in [2.24, 2.45) is 5.92 Å². The molecule has 2 fully saturated rings. The predicted molar refractivity (Wildman–Crippen MR) is 69.1 cm³/mol. The molecule has 18 heavy (non-hydrogen) atoms. The molecule has 1 N–H and O–H groups in total. The van der Waals surface area contributed by atoms with Gasteiger partial charge in [-0.1, -0.05) is 25.7 Å². The van der Waals surface area contributed by atoms with E-state index in [1.165, 1.54) is 25.7 Å². The average molecular weight is 255 g/mol. The molecule has 0 aromatic heterocycles. The highest BCUT2D eigenvalue weighted by atomic mass is 16.7. The van der Waals surface area contributed by atoms with Crippen molar-refractivity contribution in [2.45, 2.75) is 64.3 Å². The molecule has 1 saturated carbocycles. The molecule has 104 valence electrons. The molecule has 0 aromatic rings. The Labute approximate surface area is 109 Å². The van der Waals surface area contributed by atoms with Crippen LogP contribution in [0, 0.1) is 5.92 Å². The van der Waals surface area contributed by atoms with Crippen molar-refractivity contribution in [3.05, 3.63) is 0 Å². The van der Waals surface area contributed by atoms with Crippen molar-refractivity contribution in [3.8, 4) is 0 Å². The van der Waals surface area contributed by atoms with Gasteiger partial charge in [0, 0.05) is 12.5 Å². The summed E-state index contributed by atoms with van der Waals surface area (Å²) in [7, 11) is 0. The summed E-state index contributed by atoms with van der Waals surface area (Å²) in [6, 6.07) is 0. The zero-order valence-corrected chi connectivity index (χ0v) is 11.5. The zero-order valence-electron chi connectivity index (χ0n) is 11.5. The van der Waals surface area contributed by atoms with E-state index in [9.17, 15) is 4.79 Å². The summed E-state index contributed by atoms with van der Waals surface area (Å²) in [6.07, 6.45) is 7.01. The van der Waals surface area contributed by atoms with Gasteiger partial charge in [-0.25, -0.2) is 0 Å². The number of carbonyl (C=O) groups is 1. The third-order valence-electron chi connectivity index (χ3n) is 3.80. The van der Waals surface area contributed by atoms with Crippen LogP contribution < -0.4 is 5.32 Å². The first-order chi connectivity index (χ1) is 8.57. The highest BCUT2D eigenvalue weighted by molar-refractivity contribution is 5.78. The second-order valence-corrected chi connectivity index (χ2v) is 5.88. The van der Waals surface area contributed by atoms with Crippen LogP contribution in [0.4, 0.5) is 0 Å². The summed E-state index contributed by atoms with van der Waals surface area (Å²) >= 11 is 0. The van der Waals surface area contributed by atoms with Crippen LogP contribution in [-0.2, 0) is 14.3 Å². The molecule has 1 aliphatic carbocycles. The van der Waals surface area contributed by atoms with Gasteiger partial charge >= 0.3 is 0 Å². The molecule has 2 rings (SSSR count). The van der Waals surface area contributed by atoms with Gasteiger partial charge in [0.2, 0.25) is 5.91 Å². The molecule has 0 aromatic carbocycles. The normalized spacial score (nSPS) is 28.9. The maximum Gasteiger partial charge on any atom is 0.223 e. The van der Waals surface area contributed by atoms with E-state index in [0.717, 1.165) is 12.8 Å². The monoisotopic (exact) mass is 255 g/mol. The van der Waals surface area contributed by atoms with Crippen LogP contribution in [0.1, 0.15) is 52.4 Å². The van der Waals surface area contributed by atoms with Gasteiger partial charge < -0.3 is 14.8 Å². The summed E-state index contributed by atoms with van der Waals surface area (Å²) in [5, 5.41) is 3.02. The lowest BCUT2D eigenvalue weighted by molar-refractivity contribution is -0.140. The third-order valence-corrected chi connectivity index (χ3v) is 3.80. The second-order valence-electron chi connectivity index (χ2n) is 5.88. The molecule has 4 nitrogen and oxygen atoms in total. The SMILES string of the molecule is CC1(C)OCC(CNC(=O)C2CCCCCC2)O1. The van der Waals surface area contributed by atoms with Crippen LogP contribution in [0.15, 0.2) is 0 Å². The number of hydrogen-bond donors (Lipinski definition) is 1. The maximum absolute atomic E-state index is 12.1. The number of ether oxygens (including phenoxy) is 2. The van der Waals surface area contributed by atoms with E-state index < -0.39 is 5.79 Å². The number of carbonyl (C=O) groups excluding carboxylic acids is 1. The van der Waals surface area contributed by atoms with Gasteiger partial charge in [-0.2, -0.15) is 0 Å². The Morgan fingerprint density at radius 3 is 2.44 bits per heavy atom. The first-order valence-electron chi connectivity index (χ1n) is 7.16. The van der Waals surface area contributed by atoms with Gasteiger partial charge in [-0.05, 0) is 26.7 Å². The summed E-state index contributed by atoms with van der Waals surface area (Å²) in [6.45, 7) is 4.94. The largest absolute Gasteiger partial charge is 0.353 e. The maximum atomic E-state index is 12.1. The van der Waals surface area contributed by atoms with E-state index in [1.807, 2.05) is 13.8 Å². The highest BCUT2D eigenvalue weighted by Crippen LogP contribution is 2.24. The molecule has 1 unspecified atom stereocenters. The minimum atomic E-state index is -0.502. The predicted octanol–water partition coefficient (Wildman–Crippen LogP) is 2.22. The summed E-state index contributed by atoms with van der Waals surface area (Å²) in [5.74, 6) is -0.0920. The quantitative estimate of drug-likeness (QED) is 0.787. The third kappa shape index (κ3) is 3.95. The Kier molecular flexibility index (Phi) is 4.62. The first kappa shape index (κ1) is 13.8. The molecule has 0 bridgehead atoms. The number of hydrogen-bond acceptors (Lipinski definition) is 3. The molecule has 0 spiro atoms. The summed E-state index contributed by atoms with van der Waals surface area (Å²) in [5.41, 5.74) is 0. The second kappa shape index (κ2) is 6.02. The Morgan fingerprint density at radius 1 is 1.22 bits per heavy atom. The van der Waals surface area contributed by atoms with Gasteiger partial charge in [-0.15, -0.1) is 0 Å². The molecular weight excluding hydrogens is 230 g/mol. The Morgan fingerprint density at radius 2 is 1.89 bits per heavy atom. The van der Waals surface area contributed by atoms with E-state index in [-0.39, 0.29) is 17.9 Å². The standard InChI is InChI=1S/C14H25NO3/c1-14(2)17-10-12(18-14)9-15-13(16)11-7-5-3-4-6-8-11/h11-12H,3-10H2,1-2H3,(H,15,16). The van der Waals surface area contributed by atoms with Gasteiger partial charge in [0.15, 0.2) is 5.79 Å². The highest BCUT2D eigenvalue weighted by Gasteiger charge is 2.33. The molecule has 1 atom stereocenters. The zero-order chi connectivity index (χ0) is 13.0. The van der Waals surface area contributed by atoms with Crippen LogP contribution in [0.3, 0.4) is 0 Å². The molecule has 1 aliphatic heterocycles. The number of nitrogens with one attached hydrogen (secondary N) is 1. The fourth-order valence-corrected chi connectivity index (χ4v) is 2.76. The minimum Gasteiger partial charge on any atom is -0.353 e. The fourth-order valence-electron chi connectivity index (χ4n) is 2.76. The smallest absolute Gasteiger partial charge is 0.223 e.